The van der Waals surface area contributed by atoms with Crippen molar-refractivity contribution in [3.05, 3.63) is 41.9 Å². The molecule has 0 aliphatic carbocycles. The zero-order valence-corrected chi connectivity index (χ0v) is 11.1. The number of carbonyl (C=O) groups is 2. The molecule has 2 rings (SSSR count). The fourth-order valence-electron chi connectivity index (χ4n) is 1.53. The quantitative estimate of drug-likeness (QED) is 0.631. The fraction of sp³-hybridized carbons (Fsp3) is 0. The second kappa shape index (κ2) is 5.25. The Hall–Kier alpha value is -2.88. The predicted molar refractivity (Wildman–Crippen MR) is 69.8 cm³/mol. The van der Waals surface area contributed by atoms with E-state index in [4.69, 9.17) is 10.2 Å². The second-order valence-corrected chi connectivity index (χ2v) is 5.58. The maximum Gasteiger partial charge on any atom is 0.335 e. The Morgan fingerprint density at radius 2 is 1.67 bits per heavy atom. The van der Waals surface area contributed by atoms with Gasteiger partial charge in [0.05, 0.1) is 29.3 Å². The number of H-pyrrole nitrogens is 1. The van der Waals surface area contributed by atoms with Crippen LogP contribution in [0.25, 0.3) is 0 Å². The van der Waals surface area contributed by atoms with E-state index in [0.717, 1.165) is 30.7 Å². The van der Waals surface area contributed by atoms with Gasteiger partial charge in [0, 0.05) is 0 Å². The molecule has 9 nitrogen and oxygen atoms in total. The van der Waals surface area contributed by atoms with Gasteiger partial charge in [-0.25, -0.2) is 14.6 Å². The number of benzene rings is 1. The van der Waals surface area contributed by atoms with Crippen LogP contribution >= 0.6 is 0 Å². The normalized spacial score (nSPS) is 11.0. The van der Waals surface area contributed by atoms with Crippen molar-refractivity contribution in [3.8, 4) is 0 Å². The van der Waals surface area contributed by atoms with Crippen molar-refractivity contribution in [1.82, 2.24) is 9.97 Å². The van der Waals surface area contributed by atoms with Crippen molar-refractivity contribution in [1.29, 1.82) is 0 Å². The molecule has 0 unspecified atom stereocenters. The molecule has 0 aliphatic rings. The van der Waals surface area contributed by atoms with E-state index in [9.17, 15) is 18.0 Å². The van der Waals surface area contributed by atoms with Crippen LogP contribution in [-0.2, 0) is 10.0 Å². The van der Waals surface area contributed by atoms with E-state index < -0.39 is 22.0 Å². The number of hydrogen-bond donors (Lipinski definition) is 4. The number of rotatable bonds is 5. The molecule has 1 aromatic heterocycles. The number of hydrogen-bond acceptors (Lipinski definition) is 5. The zero-order valence-electron chi connectivity index (χ0n) is 10.3. The minimum absolute atomic E-state index is 0.179. The average molecular weight is 311 g/mol. The molecule has 0 amide bonds. The van der Waals surface area contributed by atoms with E-state index >= 15 is 0 Å². The lowest BCUT2D eigenvalue weighted by atomic mass is 10.1. The second-order valence-electron chi connectivity index (χ2n) is 3.93. The van der Waals surface area contributed by atoms with E-state index in [-0.39, 0.29) is 21.8 Å². The highest BCUT2D eigenvalue weighted by molar-refractivity contribution is 7.92. The first-order valence-corrected chi connectivity index (χ1v) is 6.91. The number of carboxylic acids is 2. The molecule has 0 spiro atoms. The first kappa shape index (κ1) is 14.5. The number of aromatic amines is 1. The third-order valence-corrected chi connectivity index (χ3v) is 3.75. The molecule has 1 aromatic carbocycles. The number of anilines is 1. The molecule has 0 aliphatic heterocycles. The van der Waals surface area contributed by atoms with Gasteiger partial charge in [0.25, 0.3) is 10.0 Å². The summed E-state index contributed by atoms with van der Waals surface area (Å²) < 4.78 is 26.0. The maximum absolute atomic E-state index is 11.9. The van der Waals surface area contributed by atoms with E-state index in [2.05, 4.69) is 14.7 Å². The van der Waals surface area contributed by atoms with Crippen molar-refractivity contribution in [3.63, 3.8) is 0 Å². The van der Waals surface area contributed by atoms with Crippen LogP contribution in [0.1, 0.15) is 20.7 Å². The van der Waals surface area contributed by atoms with Crippen LogP contribution in [0.3, 0.4) is 0 Å². The minimum Gasteiger partial charge on any atom is -0.478 e. The highest BCUT2D eigenvalue weighted by Crippen LogP contribution is 2.19. The van der Waals surface area contributed by atoms with E-state index in [0.29, 0.717) is 0 Å². The van der Waals surface area contributed by atoms with Gasteiger partial charge in [-0.2, -0.15) is 8.42 Å². The summed E-state index contributed by atoms with van der Waals surface area (Å²) in [5.41, 5.74) is -0.878. The van der Waals surface area contributed by atoms with Gasteiger partial charge in [-0.15, -0.1) is 0 Å². The van der Waals surface area contributed by atoms with Gasteiger partial charge < -0.3 is 15.2 Å². The molecule has 2 aromatic rings. The van der Waals surface area contributed by atoms with Crippen LogP contribution in [-0.4, -0.2) is 40.5 Å². The minimum atomic E-state index is -4.01. The van der Waals surface area contributed by atoms with Crippen LogP contribution in [0, 0.1) is 0 Å². The zero-order chi connectivity index (χ0) is 15.6. The molecule has 0 fully saturated rings. The maximum atomic E-state index is 11.9. The number of carboxylic acid groups (broad SMARTS) is 2. The number of aromatic carboxylic acids is 2. The van der Waals surface area contributed by atoms with Gasteiger partial charge in [-0.1, -0.05) is 0 Å². The fourth-order valence-corrected chi connectivity index (χ4v) is 2.48. The molecule has 1 heterocycles. The molecule has 0 radical (unpaired) electrons. The third-order valence-electron chi connectivity index (χ3n) is 2.44. The highest BCUT2D eigenvalue weighted by atomic mass is 32.2. The number of nitrogens with one attached hydrogen (secondary N) is 2. The summed E-state index contributed by atoms with van der Waals surface area (Å²) in [7, 11) is -4.01. The summed E-state index contributed by atoms with van der Waals surface area (Å²) in [5, 5.41) is 17.6. The Kier molecular flexibility index (Phi) is 3.63. The Morgan fingerprint density at radius 1 is 1.10 bits per heavy atom. The molecule has 4 N–H and O–H groups in total. The average Bonchev–Trinajstić information content (AvgIpc) is 2.92. The summed E-state index contributed by atoms with van der Waals surface area (Å²) in [6.07, 6.45) is 2.21. The number of sulfonamides is 1. The largest absolute Gasteiger partial charge is 0.478 e. The van der Waals surface area contributed by atoms with E-state index in [1.165, 1.54) is 0 Å². The monoisotopic (exact) mass is 311 g/mol. The molecule has 21 heavy (non-hydrogen) atoms. The van der Waals surface area contributed by atoms with Crippen molar-refractivity contribution >= 4 is 27.6 Å². The topological polar surface area (TPSA) is 149 Å². The van der Waals surface area contributed by atoms with Gasteiger partial charge in [-0.3, -0.25) is 4.72 Å². The van der Waals surface area contributed by atoms with Crippen molar-refractivity contribution in [2.75, 3.05) is 4.72 Å². The van der Waals surface area contributed by atoms with E-state index in [1.807, 2.05) is 0 Å². The number of aromatic nitrogens is 2. The predicted octanol–water partition coefficient (Wildman–Crippen LogP) is 0.607. The summed E-state index contributed by atoms with van der Waals surface area (Å²) >= 11 is 0. The van der Waals surface area contributed by atoms with Crippen molar-refractivity contribution in [2.24, 2.45) is 0 Å². The number of nitrogens with zero attached hydrogens (tertiary/aromatic N) is 1. The smallest absolute Gasteiger partial charge is 0.335 e. The van der Waals surface area contributed by atoms with Crippen LogP contribution in [0.15, 0.2) is 35.7 Å². The lowest BCUT2D eigenvalue weighted by Gasteiger charge is -2.08. The summed E-state index contributed by atoms with van der Waals surface area (Å²) in [6.45, 7) is 0. The third kappa shape index (κ3) is 3.17. The molecular formula is C11H9N3O6S. The summed E-state index contributed by atoms with van der Waals surface area (Å²) in [5.74, 6) is -2.75. The van der Waals surface area contributed by atoms with Crippen LogP contribution < -0.4 is 4.72 Å². The molecular weight excluding hydrogens is 302 g/mol. The molecule has 10 heteroatoms. The molecule has 110 valence electrons. The Morgan fingerprint density at radius 3 is 2.10 bits per heavy atom. The Labute approximate surface area is 118 Å². The van der Waals surface area contributed by atoms with Gasteiger partial charge in [0.15, 0.2) is 5.03 Å². The van der Waals surface area contributed by atoms with Gasteiger partial charge >= 0.3 is 11.9 Å². The molecule has 0 bridgehead atoms. The first-order valence-electron chi connectivity index (χ1n) is 5.42. The Bertz CT molecular complexity index is 765. The van der Waals surface area contributed by atoms with Crippen molar-refractivity contribution in [2.45, 2.75) is 5.03 Å². The molecule has 0 atom stereocenters. The van der Waals surface area contributed by atoms with Crippen LogP contribution in [0.2, 0.25) is 0 Å². The van der Waals surface area contributed by atoms with E-state index in [1.54, 1.807) is 0 Å². The lowest BCUT2D eigenvalue weighted by molar-refractivity contribution is 0.0696. The van der Waals surface area contributed by atoms with Crippen LogP contribution in [0.5, 0.6) is 0 Å². The van der Waals surface area contributed by atoms with Crippen molar-refractivity contribution < 1.29 is 28.2 Å². The van der Waals surface area contributed by atoms with Crippen LogP contribution in [0.4, 0.5) is 5.69 Å². The highest BCUT2D eigenvalue weighted by Gasteiger charge is 2.18. The Balaban J connectivity index is 2.45. The first-order chi connectivity index (χ1) is 9.79. The standard InChI is InChI=1S/C11H9N3O6S/c15-10(16)6-1-7(11(17)18)3-8(2-6)14-21(19,20)9-4-12-5-13-9/h1-5,14H,(H,12,13)(H,15,16)(H,17,18). The van der Waals surface area contributed by atoms with Gasteiger partial charge in [-0.05, 0) is 18.2 Å². The molecule has 0 saturated carbocycles. The summed E-state index contributed by atoms with van der Waals surface area (Å²) in [4.78, 5) is 27.8. The van der Waals surface area contributed by atoms with Gasteiger partial charge in [0.1, 0.15) is 0 Å². The van der Waals surface area contributed by atoms with Gasteiger partial charge in [0.2, 0.25) is 0 Å². The SMILES string of the molecule is O=C(O)c1cc(NS(=O)(=O)c2cnc[nH]2)cc(C(=O)O)c1. The molecule has 0 saturated heterocycles. The number of imidazole rings is 1. The lowest BCUT2D eigenvalue weighted by Crippen LogP contribution is -2.14. The summed E-state index contributed by atoms with van der Waals surface area (Å²) in [6, 6.07) is 2.96.